The number of rotatable bonds is 5. The van der Waals surface area contributed by atoms with E-state index in [1.54, 1.807) is 19.1 Å². The van der Waals surface area contributed by atoms with Crippen LogP contribution in [0, 0.1) is 6.92 Å². The summed E-state index contributed by atoms with van der Waals surface area (Å²) in [5.74, 6) is -0.189. The SMILES string of the molecule is Cc1ccc(C(=O)NCC(C)(O)c2ccc(-c3ccccc3)cc2)cc1. The Morgan fingerprint density at radius 3 is 2.08 bits per heavy atom. The van der Waals surface area contributed by atoms with Crippen LogP contribution in [-0.4, -0.2) is 17.6 Å². The van der Waals surface area contributed by atoms with Crippen LogP contribution in [0.4, 0.5) is 0 Å². The van der Waals surface area contributed by atoms with Crippen LogP contribution in [0.25, 0.3) is 11.1 Å². The lowest BCUT2D eigenvalue weighted by Crippen LogP contribution is -2.38. The van der Waals surface area contributed by atoms with E-state index in [0.29, 0.717) is 5.56 Å². The van der Waals surface area contributed by atoms with Crippen LogP contribution in [0.15, 0.2) is 78.9 Å². The van der Waals surface area contributed by atoms with Gasteiger partial charge >= 0.3 is 0 Å². The molecule has 1 unspecified atom stereocenters. The maximum Gasteiger partial charge on any atom is 0.251 e. The van der Waals surface area contributed by atoms with Gasteiger partial charge in [-0.2, -0.15) is 0 Å². The van der Waals surface area contributed by atoms with Crippen LogP contribution in [0.1, 0.15) is 28.4 Å². The fraction of sp³-hybridized carbons (Fsp3) is 0.174. The van der Waals surface area contributed by atoms with Crippen molar-refractivity contribution < 1.29 is 9.90 Å². The first kappa shape index (κ1) is 17.9. The number of aliphatic hydroxyl groups is 1. The minimum absolute atomic E-state index is 0.143. The average Bonchev–Trinajstić information content (AvgIpc) is 2.67. The fourth-order valence-corrected chi connectivity index (χ4v) is 2.81. The second-order valence-electron chi connectivity index (χ2n) is 6.77. The summed E-state index contributed by atoms with van der Waals surface area (Å²) >= 11 is 0. The molecule has 0 aliphatic heterocycles. The van der Waals surface area contributed by atoms with Crippen molar-refractivity contribution in [1.29, 1.82) is 0 Å². The molecular weight excluding hydrogens is 322 g/mol. The van der Waals surface area contributed by atoms with Gasteiger partial charge in [0.15, 0.2) is 0 Å². The van der Waals surface area contributed by atoms with Crippen molar-refractivity contribution >= 4 is 5.91 Å². The number of carbonyl (C=O) groups is 1. The summed E-state index contributed by atoms with van der Waals surface area (Å²) in [6, 6.07) is 25.2. The molecule has 0 bridgehead atoms. The van der Waals surface area contributed by atoms with Gasteiger partial charge in [0, 0.05) is 5.56 Å². The number of aryl methyl sites for hydroxylation is 1. The minimum Gasteiger partial charge on any atom is -0.384 e. The predicted octanol–water partition coefficient (Wildman–Crippen LogP) is 4.30. The topological polar surface area (TPSA) is 49.3 Å². The minimum atomic E-state index is -1.14. The molecule has 3 aromatic carbocycles. The zero-order chi connectivity index (χ0) is 18.6. The van der Waals surface area contributed by atoms with Crippen LogP contribution in [0.2, 0.25) is 0 Å². The molecule has 26 heavy (non-hydrogen) atoms. The lowest BCUT2D eigenvalue weighted by Gasteiger charge is -2.24. The first-order valence-corrected chi connectivity index (χ1v) is 8.69. The highest BCUT2D eigenvalue weighted by atomic mass is 16.3. The third kappa shape index (κ3) is 4.19. The highest BCUT2D eigenvalue weighted by Crippen LogP contribution is 2.24. The molecule has 0 saturated heterocycles. The van der Waals surface area contributed by atoms with E-state index < -0.39 is 5.60 Å². The van der Waals surface area contributed by atoms with Gasteiger partial charge in [-0.05, 0) is 42.7 Å². The molecule has 1 atom stereocenters. The highest BCUT2D eigenvalue weighted by Gasteiger charge is 2.24. The molecule has 3 aromatic rings. The van der Waals surface area contributed by atoms with Gasteiger partial charge in [-0.3, -0.25) is 4.79 Å². The standard InChI is InChI=1S/C23H23NO2/c1-17-8-10-20(11-9-17)22(25)24-16-23(2,26)21-14-12-19(13-15-21)18-6-4-3-5-7-18/h3-15,26H,16H2,1-2H3,(H,24,25). The largest absolute Gasteiger partial charge is 0.384 e. The molecule has 0 heterocycles. The van der Waals surface area contributed by atoms with E-state index in [1.807, 2.05) is 61.5 Å². The van der Waals surface area contributed by atoms with E-state index in [4.69, 9.17) is 0 Å². The first-order chi connectivity index (χ1) is 12.5. The first-order valence-electron chi connectivity index (χ1n) is 8.69. The summed E-state index contributed by atoms with van der Waals surface area (Å²) in [5, 5.41) is 13.6. The van der Waals surface area contributed by atoms with Gasteiger partial charge in [0.25, 0.3) is 5.91 Å². The second-order valence-corrected chi connectivity index (χ2v) is 6.77. The van der Waals surface area contributed by atoms with Crippen molar-refractivity contribution in [2.24, 2.45) is 0 Å². The number of nitrogens with one attached hydrogen (secondary N) is 1. The third-order valence-electron chi connectivity index (χ3n) is 4.52. The monoisotopic (exact) mass is 345 g/mol. The molecule has 0 spiro atoms. The fourth-order valence-electron chi connectivity index (χ4n) is 2.81. The van der Waals surface area contributed by atoms with Gasteiger partial charge in [0.2, 0.25) is 0 Å². The molecule has 0 radical (unpaired) electrons. The second kappa shape index (κ2) is 7.54. The molecule has 2 N–H and O–H groups in total. The van der Waals surface area contributed by atoms with Crippen molar-refractivity contribution in [2.75, 3.05) is 6.54 Å². The summed E-state index contributed by atoms with van der Waals surface area (Å²) in [4.78, 5) is 12.3. The maximum atomic E-state index is 12.3. The number of amides is 1. The smallest absolute Gasteiger partial charge is 0.251 e. The Bertz CT molecular complexity index is 866. The van der Waals surface area contributed by atoms with E-state index in [-0.39, 0.29) is 12.5 Å². The molecule has 132 valence electrons. The normalized spacial score (nSPS) is 13.0. The Balaban J connectivity index is 1.67. The van der Waals surface area contributed by atoms with Gasteiger partial charge in [-0.1, -0.05) is 72.3 Å². The van der Waals surface area contributed by atoms with Gasteiger partial charge in [-0.25, -0.2) is 0 Å². The van der Waals surface area contributed by atoms with E-state index in [2.05, 4.69) is 17.4 Å². The van der Waals surface area contributed by atoms with Crippen LogP contribution >= 0.6 is 0 Å². The Hall–Kier alpha value is -2.91. The summed E-state index contributed by atoms with van der Waals surface area (Å²) in [7, 11) is 0. The quantitative estimate of drug-likeness (QED) is 0.724. The van der Waals surface area contributed by atoms with Crippen molar-refractivity contribution in [3.8, 4) is 11.1 Å². The molecule has 0 fully saturated rings. The highest BCUT2D eigenvalue weighted by molar-refractivity contribution is 5.94. The molecule has 0 aliphatic rings. The molecule has 3 nitrogen and oxygen atoms in total. The lowest BCUT2D eigenvalue weighted by atomic mass is 9.93. The lowest BCUT2D eigenvalue weighted by molar-refractivity contribution is 0.0526. The summed E-state index contributed by atoms with van der Waals surface area (Å²) in [5.41, 5.74) is 3.54. The van der Waals surface area contributed by atoms with Gasteiger partial charge in [0.1, 0.15) is 5.60 Å². The summed E-state index contributed by atoms with van der Waals surface area (Å²) < 4.78 is 0. The van der Waals surface area contributed by atoms with Gasteiger partial charge in [0.05, 0.1) is 6.54 Å². The maximum absolute atomic E-state index is 12.3. The number of hydrogen-bond donors (Lipinski definition) is 2. The van der Waals surface area contributed by atoms with Crippen LogP contribution in [0.5, 0.6) is 0 Å². The number of benzene rings is 3. The third-order valence-corrected chi connectivity index (χ3v) is 4.52. The molecule has 0 aromatic heterocycles. The number of hydrogen-bond acceptors (Lipinski definition) is 2. The van der Waals surface area contributed by atoms with Crippen LogP contribution in [-0.2, 0) is 5.60 Å². The Labute approximate surface area is 154 Å². The molecule has 0 saturated carbocycles. The van der Waals surface area contributed by atoms with E-state index in [1.165, 1.54) is 0 Å². The van der Waals surface area contributed by atoms with Gasteiger partial charge < -0.3 is 10.4 Å². The Morgan fingerprint density at radius 2 is 1.46 bits per heavy atom. The molecule has 3 rings (SSSR count). The summed E-state index contributed by atoms with van der Waals surface area (Å²) in [6.45, 7) is 3.83. The van der Waals surface area contributed by atoms with Crippen LogP contribution < -0.4 is 5.32 Å². The molecular formula is C23H23NO2. The zero-order valence-electron chi connectivity index (χ0n) is 15.1. The Morgan fingerprint density at radius 1 is 0.885 bits per heavy atom. The van der Waals surface area contributed by atoms with Gasteiger partial charge in [-0.15, -0.1) is 0 Å². The molecule has 0 aliphatic carbocycles. The zero-order valence-corrected chi connectivity index (χ0v) is 15.1. The van der Waals surface area contributed by atoms with Crippen molar-refractivity contribution in [2.45, 2.75) is 19.4 Å². The Kier molecular flexibility index (Phi) is 5.19. The van der Waals surface area contributed by atoms with E-state index in [9.17, 15) is 9.90 Å². The number of carbonyl (C=O) groups excluding carboxylic acids is 1. The summed E-state index contributed by atoms with van der Waals surface area (Å²) in [6.07, 6.45) is 0. The predicted molar refractivity (Wildman–Crippen MR) is 105 cm³/mol. The van der Waals surface area contributed by atoms with E-state index in [0.717, 1.165) is 22.3 Å². The van der Waals surface area contributed by atoms with Crippen molar-refractivity contribution in [3.05, 3.63) is 95.6 Å². The average molecular weight is 345 g/mol. The van der Waals surface area contributed by atoms with Crippen molar-refractivity contribution in [3.63, 3.8) is 0 Å². The molecule has 1 amide bonds. The van der Waals surface area contributed by atoms with Crippen molar-refractivity contribution in [1.82, 2.24) is 5.32 Å². The van der Waals surface area contributed by atoms with Crippen LogP contribution in [0.3, 0.4) is 0 Å². The molecule has 3 heteroatoms. The van der Waals surface area contributed by atoms with E-state index >= 15 is 0 Å².